The predicted octanol–water partition coefficient (Wildman–Crippen LogP) is 2.71. The molecule has 0 radical (unpaired) electrons. The van der Waals surface area contributed by atoms with Crippen molar-refractivity contribution in [3.05, 3.63) is 52.2 Å². The number of nitrogens with one attached hydrogen (secondary N) is 2. The number of rotatable bonds is 5. The van der Waals surface area contributed by atoms with Gasteiger partial charge in [0, 0.05) is 5.38 Å². The van der Waals surface area contributed by atoms with E-state index in [-0.39, 0.29) is 12.5 Å². The fourth-order valence-electron chi connectivity index (χ4n) is 1.73. The lowest BCUT2D eigenvalue weighted by Crippen LogP contribution is -2.43. The van der Waals surface area contributed by atoms with E-state index in [9.17, 15) is 9.59 Å². The number of ether oxygens (including phenoxy) is 1. The molecule has 2 N–H and O–H groups in total. The van der Waals surface area contributed by atoms with Crippen molar-refractivity contribution in [2.75, 3.05) is 6.61 Å². The zero-order valence-electron chi connectivity index (χ0n) is 12.5. The van der Waals surface area contributed by atoms with Crippen LogP contribution in [0.1, 0.15) is 35.7 Å². The van der Waals surface area contributed by atoms with Crippen LogP contribution in [0.5, 0.6) is 5.75 Å². The van der Waals surface area contributed by atoms with Gasteiger partial charge in [-0.05, 0) is 35.1 Å². The van der Waals surface area contributed by atoms with Crippen LogP contribution in [0.4, 0.5) is 0 Å². The number of hydrogen-bond donors (Lipinski definition) is 2. The van der Waals surface area contributed by atoms with Crippen LogP contribution in [0.15, 0.2) is 41.1 Å². The third kappa shape index (κ3) is 4.60. The predicted molar refractivity (Wildman–Crippen MR) is 86.0 cm³/mol. The number of amides is 2. The minimum atomic E-state index is -0.420. The summed E-state index contributed by atoms with van der Waals surface area (Å²) in [5, 5.41) is 3.49. The maximum Gasteiger partial charge on any atom is 0.276 e. The Bertz CT molecular complexity index is 621. The molecule has 1 aromatic heterocycles. The lowest BCUT2D eigenvalue weighted by Gasteiger charge is -2.09. The Labute approximate surface area is 133 Å². The van der Waals surface area contributed by atoms with Gasteiger partial charge < -0.3 is 4.74 Å². The lowest BCUT2D eigenvalue weighted by atomic mass is 10.0. The number of hydrazine groups is 1. The highest BCUT2D eigenvalue weighted by atomic mass is 32.1. The molecule has 116 valence electrons. The van der Waals surface area contributed by atoms with Gasteiger partial charge in [-0.15, -0.1) is 0 Å². The Morgan fingerprint density at radius 1 is 1.14 bits per heavy atom. The molecule has 2 aromatic rings. The molecule has 0 spiro atoms. The fraction of sp³-hybridized carbons (Fsp3) is 0.250. The van der Waals surface area contributed by atoms with Crippen LogP contribution < -0.4 is 15.6 Å². The lowest BCUT2D eigenvalue weighted by molar-refractivity contribution is -0.123. The zero-order valence-corrected chi connectivity index (χ0v) is 13.3. The molecule has 0 unspecified atom stereocenters. The van der Waals surface area contributed by atoms with Gasteiger partial charge in [0.15, 0.2) is 6.61 Å². The third-order valence-electron chi connectivity index (χ3n) is 3.02. The second-order valence-corrected chi connectivity index (χ2v) is 5.81. The van der Waals surface area contributed by atoms with Crippen molar-refractivity contribution in [3.63, 3.8) is 0 Å². The van der Waals surface area contributed by atoms with E-state index in [0.29, 0.717) is 17.2 Å². The van der Waals surface area contributed by atoms with E-state index in [1.807, 2.05) is 24.3 Å². The molecule has 2 rings (SSSR count). The van der Waals surface area contributed by atoms with Crippen LogP contribution in [0, 0.1) is 0 Å². The van der Waals surface area contributed by atoms with E-state index in [4.69, 9.17) is 4.74 Å². The van der Waals surface area contributed by atoms with Gasteiger partial charge in [0.05, 0.1) is 5.56 Å². The van der Waals surface area contributed by atoms with Gasteiger partial charge in [-0.1, -0.05) is 26.0 Å². The minimum absolute atomic E-state index is 0.162. The second kappa shape index (κ2) is 7.61. The van der Waals surface area contributed by atoms with Crippen molar-refractivity contribution in [1.29, 1.82) is 0 Å². The molecule has 0 atom stereocenters. The van der Waals surface area contributed by atoms with E-state index in [1.165, 1.54) is 16.9 Å². The van der Waals surface area contributed by atoms with Crippen molar-refractivity contribution < 1.29 is 14.3 Å². The van der Waals surface area contributed by atoms with Crippen LogP contribution >= 0.6 is 11.3 Å². The molecule has 1 heterocycles. The Hall–Kier alpha value is -2.34. The van der Waals surface area contributed by atoms with Gasteiger partial charge in [-0.2, -0.15) is 11.3 Å². The summed E-state index contributed by atoms with van der Waals surface area (Å²) in [6, 6.07) is 9.27. The van der Waals surface area contributed by atoms with Gasteiger partial charge in [0.2, 0.25) is 0 Å². The highest BCUT2D eigenvalue weighted by Gasteiger charge is 2.08. The molecule has 1 aromatic carbocycles. The largest absolute Gasteiger partial charge is 0.484 e. The molecule has 0 aliphatic rings. The minimum Gasteiger partial charge on any atom is -0.484 e. The Morgan fingerprint density at radius 3 is 2.45 bits per heavy atom. The molecule has 2 amide bonds. The summed E-state index contributed by atoms with van der Waals surface area (Å²) in [6.07, 6.45) is 0. The molecule has 0 saturated heterocycles. The Morgan fingerprint density at radius 2 is 1.86 bits per heavy atom. The first-order chi connectivity index (χ1) is 10.6. The number of thiophene rings is 1. The van der Waals surface area contributed by atoms with Gasteiger partial charge in [-0.3, -0.25) is 20.4 Å². The van der Waals surface area contributed by atoms with Crippen molar-refractivity contribution in [2.45, 2.75) is 19.8 Å². The summed E-state index contributed by atoms with van der Waals surface area (Å²) in [5.41, 5.74) is 6.36. The highest BCUT2D eigenvalue weighted by Crippen LogP contribution is 2.18. The first-order valence-electron chi connectivity index (χ1n) is 6.90. The van der Waals surface area contributed by atoms with Crippen LogP contribution in [-0.2, 0) is 4.79 Å². The van der Waals surface area contributed by atoms with Crippen LogP contribution in [0.3, 0.4) is 0 Å². The normalized spacial score (nSPS) is 10.3. The summed E-state index contributed by atoms with van der Waals surface area (Å²) in [5.74, 6) is 0.292. The third-order valence-corrected chi connectivity index (χ3v) is 3.70. The quantitative estimate of drug-likeness (QED) is 0.833. The molecule has 0 aliphatic carbocycles. The van der Waals surface area contributed by atoms with Crippen LogP contribution in [0.2, 0.25) is 0 Å². The van der Waals surface area contributed by atoms with E-state index in [2.05, 4.69) is 24.7 Å². The summed E-state index contributed by atoms with van der Waals surface area (Å²) in [6.45, 7) is 4.06. The summed E-state index contributed by atoms with van der Waals surface area (Å²) < 4.78 is 5.36. The van der Waals surface area contributed by atoms with Crippen LogP contribution in [0.25, 0.3) is 0 Å². The number of benzene rings is 1. The topological polar surface area (TPSA) is 67.4 Å². The van der Waals surface area contributed by atoms with Crippen molar-refractivity contribution in [2.24, 2.45) is 0 Å². The number of carbonyl (C=O) groups excluding carboxylic acids is 2. The van der Waals surface area contributed by atoms with Crippen molar-refractivity contribution >= 4 is 23.2 Å². The molecule has 5 nitrogen and oxygen atoms in total. The molecule has 0 aliphatic heterocycles. The molecule has 0 saturated carbocycles. The molecule has 0 bridgehead atoms. The van der Waals surface area contributed by atoms with E-state index in [0.717, 1.165) is 0 Å². The fourth-order valence-corrected chi connectivity index (χ4v) is 2.36. The van der Waals surface area contributed by atoms with Crippen molar-refractivity contribution in [1.82, 2.24) is 10.9 Å². The van der Waals surface area contributed by atoms with Gasteiger partial charge in [0.25, 0.3) is 11.8 Å². The van der Waals surface area contributed by atoms with Gasteiger partial charge in [0.1, 0.15) is 5.75 Å². The average molecular weight is 318 g/mol. The number of carbonyl (C=O) groups is 2. The maximum atomic E-state index is 11.6. The summed E-state index contributed by atoms with van der Waals surface area (Å²) in [7, 11) is 0. The molecule has 6 heteroatoms. The average Bonchev–Trinajstić information content (AvgIpc) is 3.05. The summed E-state index contributed by atoms with van der Waals surface area (Å²) in [4.78, 5) is 23.2. The smallest absolute Gasteiger partial charge is 0.276 e. The molecule has 0 fully saturated rings. The van der Waals surface area contributed by atoms with Gasteiger partial charge in [-0.25, -0.2) is 0 Å². The summed E-state index contributed by atoms with van der Waals surface area (Å²) >= 11 is 1.41. The Balaban J connectivity index is 1.74. The second-order valence-electron chi connectivity index (χ2n) is 5.03. The van der Waals surface area contributed by atoms with E-state index < -0.39 is 5.91 Å². The standard InChI is InChI=1S/C16H18N2O3S/c1-11(2)12-3-5-14(6-4-12)21-9-15(19)17-18-16(20)13-7-8-22-10-13/h3-8,10-11H,9H2,1-2H3,(H,17,19)(H,18,20). The van der Waals surface area contributed by atoms with Gasteiger partial charge >= 0.3 is 0 Å². The maximum absolute atomic E-state index is 11.6. The first-order valence-corrected chi connectivity index (χ1v) is 7.84. The van der Waals surface area contributed by atoms with Crippen molar-refractivity contribution in [3.8, 4) is 5.75 Å². The monoisotopic (exact) mass is 318 g/mol. The molecular formula is C16H18N2O3S. The zero-order chi connectivity index (χ0) is 15.9. The SMILES string of the molecule is CC(C)c1ccc(OCC(=O)NNC(=O)c2ccsc2)cc1. The number of hydrogen-bond acceptors (Lipinski definition) is 4. The highest BCUT2D eigenvalue weighted by molar-refractivity contribution is 7.08. The molecular weight excluding hydrogens is 300 g/mol. The Kier molecular flexibility index (Phi) is 5.55. The van der Waals surface area contributed by atoms with Crippen LogP contribution in [-0.4, -0.2) is 18.4 Å². The molecule has 22 heavy (non-hydrogen) atoms. The first kappa shape index (κ1) is 16.0. The van der Waals surface area contributed by atoms with E-state index >= 15 is 0 Å². The van der Waals surface area contributed by atoms with E-state index in [1.54, 1.807) is 16.8 Å².